The maximum Gasteiger partial charge on any atom is 0.418 e. The first-order valence-electron chi connectivity index (χ1n) is 8.95. The van der Waals surface area contributed by atoms with Crippen molar-refractivity contribution in [3.8, 4) is 0 Å². The van der Waals surface area contributed by atoms with Crippen molar-refractivity contribution >= 4 is 28.4 Å². The molecule has 2 saturated heterocycles. The SMILES string of the molecule is C[C@@H](CONC(=O)[C@@H]1CC[C@@H]2CN1C(=O)N2OS(=O)(=O)O)NC(=O)OC(C)(C)C. The number of rotatable bonds is 7. The van der Waals surface area contributed by atoms with Crippen LogP contribution in [0, 0.1) is 0 Å². The molecule has 14 heteroatoms. The van der Waals surface area contributed by atoms with E-state index in [0.717, 1.165) is 4.90 Å². The van der Waals surface area contributed by atoms with E-state index >= 15 is 0 Å². The molecule has 4 amide bonds. The first-order valence-corrected chi connectivity index (χ1v) is 10.3. The van der Waals surface area contributed by atoms with E-state index in [-0.39, 0.29) is 19.6 Å². The number of hydroxylamine groups is 3. The molecule has 0 aromatic rings. The molecule has 3 N–H and O–H groups in total. The molecule has 2 bridgehead atoms. The summed E-state index contributed by atoms with van der Waals surface area (Å²) in [7, 11) is -4.85. The van der Waals surface area contributed by atoms with Crippen molar-refractivity contribution in [3.63, 3.8) is 0 Å². The third kappa shape index (κ3) is 6.69. The van der Waals surface area contributed by atoms with Crippen LogP contribution in [-0.4, -0.2) is 77.8 Å². The molecular weight excluding hydrogens is 412 g/mol. The van der Waals surface area contributed by atoms with Gasteiger partial charge in [0, 0.05) is 6.54 Å². The zero-order valence-electron chi connectivity index (χ0n) is 16.6. The minimum atomic E-state index is -4.85. The van der Waals surface area contributed by atoms with Gasteiger partial charge in [0.1, 0.15) is 11.6 Å². The van der Waals surface area contributed by atoms with Gasteiger partial charge in [0.05, 0.1) is 18.7 Å². The summed E-state index contributed by atoms with van der Waals surface area (Å²) in [6.07, 6.45) is -0.0745. The summed E-state index contributed by atoms with van der Waals surface area (Å²) >= 11 is 0. The van der Waals surface area contributed by atoms with Crippen LogP contribution in [0.3, 0.4) is 0 Å². The van der Waals surface area contributed by atoms with Crippen molar-refractivity contribution in [2.24, 2.45) is 0 Å². The van der Waals surface area contributed by atoms with Crippen LogP contribution >= 0.6 is 0 Å². The maximum absolute atomic E-state index is 12.3. The Morgan fingerprint density at radius 2 is 1.97 bits per heavy atom. The number of carbonyl (C=O) groups excluding carboxylic acids is 3. The molecule has 2 heterocycles. The average molecular weight is 438 g/mol. The topological polar surface area (TPSA) is 164 Å². The molecule has 0 spiro atoms. The van der Waals surface area contributed by atoms with Gasteiger partial charge in [0.2, 0.25) is 0 Å². The molecule has 3 atom stereocenters. The fraction of sp³-hybridized carbons (Fsp3) is 0.800. The largest absolute Gasteiger partial charge is 0.444 e. The van der Waals surface area contributed by atoms with Crippen LogP contribution in [0.2, 0.25) is 0 Å². The van der Waals surface area contributed by atoms with Crippen LogP contribution in [0.1, 0.15) is 40.5 Å². The Morgan fingerprint density at radius 3 is 2.55 bits per heavy atom. The van der Waals surface area contributed by atoms with Gasteiger partial charge < -0.3 is 15.0 Å². The molecule has 29 heavy (non-hydrogen) atoms. The van der Waals surface area contributed by atoms with Gasteiger partial charge in [0.15, 0.2) is 0 Å². The number of piperidine rings is 1. The zero-order chi connectivity index (χ0) is 22.0. The molecule has 0 aliphatic carbocycles. The van der Waals surface area contributed by atoms with Crippen molar-refractivity contribution < 1.29 is 41.2 Å². The minimum absolute atomic E-state index is 0.0493. The fourth-order valence-corrected chi connectivity index (χ4v) is 3.35. The first-order chi connectivity index (χ1) is 13.3. The molecule has 0 unspecified atom stereocenters. The number of nitrogens with one attached hydrogen (secondary N) is 2. The molecule has 2 aliphatic rings. The number of ether oxygens (including phenoxy) is 1. The van der Waals surface area contributed by atoms with Gasteiger partial charge in [-0.2, -0.15) is 13.5 Å². The Labute approximate surface area is 168 Å². The lowest BCUT2D eigenvalue weighted by Crippen LogP contribution is -2.50. The molecule has 2 aliphatic heterocycles. The van der Waals surface area contributed by atoms with Crippen LogP contribution in [0.4, 0.5) is 9.59 Å². The second kappa shape index (κ2) is 8.69. The van der Waals surface area contributed by atoms with E-state index in [4.69, 9.17) is 14.1 Å². The van der Waals surface area contributed by atoms with Crippen LogP contribution in [0.5, 0.6) is 0 Å². The smallest absolute Gasteiger partial charge is 0.418 e. The Bertz CT molecular complexity index is 751. The van der Waals surface area contributed by atoms with E-state index in [0.29, 0.717) is 11.5 Å². The number of hydrogen-bond donors (Lipinski definition) is 3. The highest BCUT2D eigenvalue weighted by molar-refractivity contribution is 7.80. The van der Waals surface area contributed by atoms with Gasteiger partial charge in [-0.25, -0.2) is 15.1 Å². The summed E-state index contributed by atoms with van der Waals surface area (Å²) in [5.41, 5.74) is 1.57. The number of fused-ring (bicyclic) bond motifs is 2. The summed E-state index contributed by atoms with van der Waals surface area (Å²) in [4.78, 5) is 42.5. The Hall–Kier alpha value is -2.16. The predicted octanol–water partition coefficient (Wildman–Crippen LogP) is -0.0496. The summed E-state index contributed by atoms with van der Waals surface area (Å²) in [5, 5.41) is 3.10. The molecule has 13 nitrogen and oxygen atoms in total. The predicted molar refractivity (Wildman–Crippen MR) is 96.3 cm³/mol. The van der Waals surface area contributed by atoms with Crippen molar-refractivity contribution in [2.45, 2.75) is 64.3 Å². The van der Waals surface area contributed by atoms with E-state index in [2.05, 4.69) is 15.1 Å². The number of carbonyl (C=O) groups is 3. The van der Waals surface area contributed by atoms with E-state index in [1.165, 1.54) is 0 Å². The third-order valence-electron chi connectivity index (χ3n) is 4.07. The van der Waals surface area contributed by atoms with Gasteiger partial charge in [-0.3, -0.25) is 14.2 Å². The lowest BCUT2D eigenvalue weighted by atomic mass is 10.0. The standard InChI is InChI=1S/C15H26N4O9S/c1-9(16-13(21)27-15(2,3)4)8-26-17-12(20)11-6-5-10-7-18(11)14(22)19(10)28-29(23,24)25/h9-11H,5-8H2,1-4H3,(H,16,21)(H,17,20)(H,23,24,25)/t9-,10+,11-/m0/s1. The van der Waals surface area contributed by atoms with Gasteiger partial charge in [-0.15, -0.1) is 4.28 Å². The molecule has 2 fully saturated rings. The summed E-state index contributed by atoms with van der Waals surface area (Å²) in [5.74, 6) is -0.602. The number of urea groups is 1. The minimum Gasteiger partial charge on any atom is -0.444 e. The van der Waals surface area contributed by atoms with Crippen molar-refractivity contribution in [2.75, 3.05) is 13.2 Å². The van der Waals surface area contributed by atoms with Crippen LogP contribution in [-0.2, 0) is 29.1 Å². The first kappa shape index (κ1) is 23.1. The molecule has 0 aromatic heterocycles. The lowest BCUT2D eigenvalue weighted by Gasteiger charge is -2.29. The van der Waals surface area contributed by atoms with Crippen molar-refractivity contribution in [3.05, 3.63) is 0 Å². The second-order valence-corrected chi connectivity index (χ2v) is 8.84. The van der Waals surface area contributed by atoms with E-state index in [9.17, 15) is 22.8 Å². The van der Waals surface area contributed by atoms with Crippen LogP contribution in [0.25, 0.3) is 0 Å². The highest BCUT2D eigenvalue weighted by Gasteiger charge is 2.49. The van der Waals surface area contributed by atoms with E-state index in [1.54, 1.807) is 27.7 Å². The Balaban J connectivity index is 1.80. The maximum atomic E-state index is 12.3. The van der Waals surface area contributed by atoms with Crippen molar-refractivity contribution in [1.82, 2.24) is 20.8 Å². The van der Waals surface area contributed by atoms with Crippen LogP contribution < -0.4 is 10.8 Å². The van der Waals surface area contributed by atoms with Gasteiger partial charge in [-0.05, 0) is 40.5 Å². The summed E-state index contributed by atoms with van der Waals surface area (Å²) in [6, 6.07) is -2.78. The number of amides is 4. The normalized spacial score (nSPS) is 23.0. The second-order valence-electron chi connectivity index (χ2n) is 7.83. The van der Waals surface area contributed by atoms with Gasteiger partial charge in [0.25, 0.3) is 5.91 Å². The Morgan fingerprint density at radius 1 is 1.31 bits per heavy atom. The molecule has 0 aromatic carbocycles. The number of hydrogen-bond acceptors (Lipinski definition) is 8. The van der Waals surface area contributed by atoms with E-state index in [1.807, 2.05) is 0 Å². The zero-order valence-corrected chi connectivity index (χ0v) is 17.4. The molecular formula is C15H26N4O9S. The van der Waals surface area contributed by atoms with Crippen LogP contribution in [0.15, 0.2) is 0 Å². The van der Waals surface area contributed by atoms with Crippen molar-refractivity contribution in [1.29, 1.82) is 0 Å². The summed E-state index contributed by atoms with van der Waals surface area (Å²) < 4.78 is 39.9. The number of alkyl carbamates (subject to hydrolysis) is 1. The fourth-order valence-electron chi connectivity index (χ4n) is 2.96. The van der Waals surface area contributed by atoms with E-state index < -0.39 is 52.2 Å². The average Bonchev–Trinajstić information content (AvgIpc) is 2.76. The molecule has 0 radical (unpaired) electrons. The third-order valence-corrected chi connectivity index (χ3v) is 4.42. The highest BCUT2D eigenvalue weighted by atomic mass is 32.3. The number of nitrogens with zero attached hydrogens (tertiary/aromatic N) is 2. The molecule has 166 valence electrons. The lowest BCUT2D eigenvalue weighted by molar-refractivity contribution is -0.139. The highest BCUT2D eigenvalue weighted by Crippen LogP contribution is 2.30. The summed E-state index contributed by atoms with van der Waals surface area (Å²) in [6.45, 7) is 6.85. The Kier molecular flexibility index (Phi) is 6.93. The molecule has 0 saturated carbocycles. The van der Waals surface area contributed by atoms with Gasteiger partial charge in [-0.1, -0.05) is 0 Å². The quantitative estimate of drug-likeness (QED) is 0.365. The monoisotopic (exact) mass is 438 g/mol. The van der Waals surface area contributed by atoms with Gasteiger partial charge >= 0.3 is 22.5 Å². The molecule has 2 rings (SSSR count).